The Morgan fingerprint density at radius 3 is 2.57 bits per heavy atom. The molecule has 35 heavy (non-hydrogen) atoms. The van der Waals surface area contributed by atoms with E-state index in [1.807, 2.05) is 26.1 Å². The Labute approximate surface area is 213 Å². The lowest BCUT2D eigenvalue weighted by atomic mass is 9.94. The number of nitrogens with one attached hydrogen (secondary N) is 1. The highest BCUT2D eigenvalue weighted by molar-refractivity contribution is 7.11. The van der Waals surface area contributed by atoms with Crippen molar-refractivity contribution in [1.82, 2.24) is 0 Å². The number of anilines is 2. The van der Waals surface area contributed by atoms with Crippen LogP contribution in [0.2, 0.25) is 0 Å². The van der Waals surface area contributed by atoms with E-state index in [9.17, 15) is 0 Å². The molecule has 2 aromatic carbocycles. The first kappa shape index (κ1) is 25.0. The molecule has 0 aliphatic heterocycles. The molecule has 1 aliphatic carbocycles. The van der Waals surface area contributed by atoms with Gasteiger partial charge in [0.15, 0.2) is 0 Å². The molecule has 1 aliphatic rings. The van der Waals surface area contributed by atoms with Gasteiger partial charge in [-0.05, 0) is 55.0 Å². The summed E-state index contributed by atoms with van der Waals surface area (Å²) in [7, 11) is 3.55. The molecule has 184 valence electrons. The number of nitrogens with two attached hydrogens (primary N) is 2. The van der Waals surface area contributed by atoms with E-state index >= 15 is 0 Å². The Balaban J connectivity index is 1.70. The fourth-order valence-corrected chi connectivity index (χ4v) is 5.64. The molecular weight excluding hydrogens is 452 g/mol. The third-order valence-electron chi connectivity index (χ3n) is 6.56. The molecule has 0 saturated heterocycles. The van der Waals surface area contributed by atoms with Gasteiger partial charge in [0.2, 0.25) is 0 Å². The second-order valence-electron chi connectivity index (χ2n) is 9.31. The van der Waals surface area contributed by atoms with Gasteiger partial charge < -0.3 is 20.8 Å². The molecule has 1 unspecified atom stereocenters. The van der Waals surface area contributed by atoms with Crippen molar-refractivity contribution in [2.75, 3.05) is 24.5 Å². The van der Waals surface area contributed by atoms with Crippen LogP contribution in [-0.4, -0.2) is 14.2 Å². The third-order valence-corrected chi connectivity index (χ3v) is 7.66. The van der Waals surface area contributed by atoms with E-state index < -0.39 is 0 Å². The van der Waals surface area contributed by atoms with Crippen LogP contribution in [0.3, 0.4) is 0 Å². The summed E-state index contributed by atoms with van der Waals surface area (Å²) in [4.78, 5) is 1.12. The lowest BCUT2D eigenvalue weighted by molar-refractivity contribution is 0.415. The Morgan fingerprint density at radius 1 is 1.26 bits per heavy atom. The Kier molecular flexibility index (Phi) is 7.65. The summed E-state index contributed by atoms with van der Waals surface area (Å²) in [6.45, 7) is 8.56. The van der Waals surface area contributed by atoms with E-state index in [1.54, 1.807) is 23.5 Å². The Morgan fingerprint density at radius 2 is 1.97 bits per heavy atom. The Bertz CT molecular complexity index is 1220. The number of nitrogens with zero attached hydrogens (tertiary/aromatic N) is 1. The molecule has 5 nitrogen and oxygen atoms in total. The third kappa shape index (κ3) is 5.45. The van der Waals surface area contributed by atoms with Gasteiger partial charge in [-0.1, -0.05) is 55.8 Å². The molecular formula is C29H36N4OS. The van der Waals surface area contributed by atoms with Gasteiger partial charge in [-0.25, -0.2) is 5.84 Å². The number of rotatable bonds is 10. The summed E-state index contributed by atoms with van der Waals surface area (Å²) in [5.74, 6) is 7.89. The van der Waals surface area contributed by atoms with Gasteiger partial charge in [0.1, 0.15) is 5.75 Å². The Hall–Kier alpha value is -3.06. The van der Waals surface area contributed by atoms with Gasteiger partial charge in [0, 0.05) is 45.9 Å². The van der Waals surface area contributed by atoms with Crippen LogP contribution in [0.25, 0.3) is 22.9 Å². The largest absolute Gasteiger partial charge is 0.497 e. The van der Waals surface area contributed by atoms with Crippen molar-refractivity contribution in [1.29, 1.82) is 0 Å². The zero-order valence-electron chi connectivity index (χ0n) is 21.1. The minimum Gasteiger partial charge on any atom is -0.497 e. The maximum absolute atomic E-state index is 6.59. The summed E-state index contributed by atoms with van der Waals surface area (Å²) < 4.78 is 5.34. The molecule has 0 spiro atoms. The van der Waals surface area contributed by atoms with Crippen molar-refractivity contribution in [2.45, 2.75) is 39.2 Å². The monoisotopic (exact) mass is 488 g/mol. The number of hydrogen-bond acceptors (Lipinski definition) is 6. The normalized spacial score (nSPS) is 14.2. The van der Waals surface area contributed by atoms with Crippen LogP contribution in [0, 0.1) is 12.8 Å². The van der Waals surface area contributed by atoms with Crippen molar-refractivity contribution >= 4 is 34.5 Å². The van der Waals surface area contributed by atoms with E-state index in [-0.39, 0.29) is 6.04 Å². The second kappa shape index (κ2) is 10.7. The summed E-state index contributed by atoms with van der Waals surface area (Å²) in [5, 5.41) is 7.42. The SMILES string of the molecule is C=C(Nc1c(C)ccc(-c2ccc(OC)cc2)c1/C=C\C)c1csc(C(N)CC2CC2)c1N(C)N. The van der Waals surface area contributed by atoms with Gasteiger partial charge in [-0.3, -0.25) is 0 Å². The highest BCUT2D eigenvalue weighted by Gasteiger charge is 2.28. The quantitative estimate of drug-likeness (QED) is 0.212. The highest BCUT2D eigenvalue weighted by Crippen LogP contribution is 2.44. The summed E-state index contributed by atoms with van der Waals surface area (Å²) >= 11 is 1.67. The topological polar surface area (TPSA) is 76.5 Å². The number of thiophene rings is 1. The average Bonchev–Trinajstić information content (AvgIpc) is 3.54. The standard InChI is InChI=1S/C29H36N4OS/c1-6-7-24-23(21-11-13-22(34-5)14-12-21)15-8-18(2)27(24)32-19(3)25-17-35-29(28(25)33(4)31)26(30)16-20-9-10-20/h6-8,11-15,17,20,26,32H,3,9-10,16,30-31H2,1-2,4-5H3/b7-6-. The first-order chi connectivity index (χ1) is 16.8. The van der Waals surface area contributed by atoms with Crippen molar-refractivity contribution < 1.29 is 4.74 Å². The van der Waals surface area contributed by atoms with Crippen LogP contribution in [0.4, 0.5) is 11.4 Å². The number of hydrogen-bond donors (Lipinski definition) is 3. The number of hydrazine groups is 1. The molecule has 6 heteroatoms. The molecule has 4 rings (SSSR count). The molecule has 5 N–H and O–H groups in total. The van der Waals surface area contributed by atoms with Gasteiger partial charge in [0.25, 0.3) is 0 Å². The zero-order valence-corrected chi connectivity index (χ0v) is 21.9. The van der Waals surface area contributed by atoms with Crippen LogP contribution < -0.4 is 26.6 Å². The van der Waals surface area contributed by atoms with Crippen molar-refractivity contribution in [3.63, 3.8) is 0 Å². The maximum atomic E-state index is 6.59. The number of allylic oxidation sites excluding steroid dienone is 1. The van der Waals surface area contributed by atoms with Crippen molar-refractivity contribution in [3.05, 3.63) is 76.0 Å². The molecule has 0 radical (unpaired) electrons. The fraction of sp³-hybridized carbons (Fsp3) is 0.310. The summed E-state index contributed by atoms with van der Waals surface area (Å²) in [5.41, 5.74) is 14.9. The maximum Gasteiger partial charge on any atom is 0.118 e. The molecule has 1 atom stereocenters. The molecule has 1 fully saturated rings. The van der Waals surface area contributed by atoms with E-state index in [1.165, 1.54) is 12.8 Å². The lowest BCUT2D eigenvalue weighted by Gasteiger charge is -2.22. The summed E-state index contributed by atoms with van der Waals surface area (Å²) in [6, 6.07) is 12.5. The van der Waals surface area contributed by atoms with E-state index in [4.69, 9.17) is 16.3 Å². The first-order valence-corrected chi connectivity index (χ1v) is 12.9. The van der Waals surface area contributed by atoms with Crippen LogP contribution in [0.5, 0.6) is 5.75 Å². The van der Waals surface area contributed by atoms with E-state index in [2.05, 4.69) is 60.6 Å². The molecule has 0 amide bonds. The minimum atomic E-state index is -0.00577. The highest BCUT2D eigenvalue weighted by atomic mass is 32.1. The van der Waals surface area contributed by atoms with Gasteiger partial charge >= 0.3 is 0 Å². The fourth-order valence-electron chi connectivity index (χ4n) is 4.50. The van der Waals surface area contributed by atoms with Crippen LogP contribution in [-0.2, 0) is 0 Å². The van der Waals surface area contributed by atoms with Crippen LogP contribution in [0.1, 0.15) is 53.8 Å². The smallest absolute Gasteiger partial charge is 0.118 e. The average molecular weight is 489 g/mol. The number of ether oxygens (including phenoxy) is 1. The van der Waals surface area contributed by atoms with Crippen LogP contribution in [0.15, 0.2) is 54.4 Å². The lowest BCUT2D eigenvalue weighted by Crippen LogP contribution is -2.28. The zero-order chi connectivity index (χ0) is 25.1. The van der Waals surface area contributed by atoms with Crippen molar-refractivity contribution in [2.24, 2.45) is 17.5 Å². The van der Waals surface area contributed by atoms with E-state index in [0.29, 0.717) is 0 Å². The van der Waals surface area contributed by atoms with Gasteiger partial charge in [0.05, 0.1) is 12.8 Å². The molecule has 1 saturated carbocycles. The minimum absolute atomic E-state index is 0.00577. The van der Waals surface area contributed by atoms with Crippen molar-refractivity contribution in [3.8, 4) is 16.9 Å². The van der Waals surface area contributed by atoms with E-state index in [0.717, 1.165) is 67.9 Å². The molecule has 1 heterocycles. The number of aryl methyl sites for hydroxylation is 1. The number of methoxy groups -OCH3 is 1. The number of benzene rings is 2. The predicted octanol–water partition coefficient (Wildman–Crippen LogP) is 6.96. The first-order valence-electron chi connectivity index (χ1n) is 12.1. The molecule has 0 bridgehead atoms. The van der Waals surface area contributed by atoms with Gasteiger partial charge in [-0.2, -0.15) is 0 Å². The van der Waals surface area contributed by atoms with Gasteiger partial charge in [-0.15, -0.1) is 11.3 Å². The van der Waals surface area contributed by atoms with Crippen LogP contribution >= 0.6 is 11.3 Å². The predicted molar refractivity (Wildman–Crippen MR) is 152 cm³/mol. The summed E-state index contributed by atoms with van der Waals surface area (Å²) in [6.07, 6.45) is 7.78. The molecule has 3 aromatic rings. The molecule has 1 aromatic heterocycles. The second-order valence-corrected chi connectivity index (χ2v) is 10.2.